The zero-order chi connectivity index (χ0) is 16.8. The number of benzene rings is 1. The van der Waals surface area contributed by atoms with Gasteiger partial charge in [-0.2, -0.15) is 0 Å². The standard InChI is InChI=1S/C17H17N3O3S/c21-15(18-10-4-8-13-6-2-1-3-7-13)12-20-16(19-23-17(20)22)14-9-5-11-24-14/h1-3,5-7,9,11H,4,8,10,12H2,(H,18,21). The highest BCUT2D eigenvalue weighted by atomic mass is 32.1. The summed E-state index contributed by atoms with van der Waals surface area (Å²) in [5.41, 5.74) is 1.24. The van der Waals surface area contributed by atoms with Crippen LogP contribution in [0.1, 0.15) is 12.0 Å². The summed E-state index contributed by atoms with van der Waals surface area (Å²) in [7, 11) is 0. The number of carbonyl (C=O) groups excluding carboxylic acids is 1. The van der Waals surface area contributed by atoms with Gasteiger partial charge in [-0.3, -0.25) is 9.32 Å². The van der Waals surface area contributed by atoms with Crippen LogP contribution in [-0.2, 0) is 17.8 Å². The van der Waals surface area contributed by atoms with Crippen LogP contribution >= 0.6 is 11.3 Å². The van der Waals surface area contributed by atoms with Gasteiger partial charge in [0.1, 0.15) is 6.54 Å². The van der Waals surface area contributed by atoms with Crippen molar-refractivity contribution < 1.29 is 9.32 Å². The number of aromatic nitrogens is 2. The fourth-order valence-electron chi connectivity index (χ4n) is 2.36. The predicted octanol–water partition coefficient (Wildman–Crippen LogP) is 2.31. The predicted molar refractivity (Wildman–Crippen MR) is 91.8 cm³/mol. The summed E-state index contributed by atoms with van der Waals surface area (Å²) in [6.07, 6.45) is 1.74. The smallest absolute Gasteiger partial charge is 0.355 e. The van der Waals surface area contributed by atoms with E-state index in [2.05, 4.69) is 27.1 Å². The molecule has 2 heterocycles. The van der Waals surface area contributed by atoms with E-state index in [0.717, 1.165) is 17.7 Å². The third-order valence-electron chi connectivity index (χ3n) is 3.54. The van der Waals surface area contributed by atoms with Gasteiger partial charge in [-0.05, 0) is 29.9 Å². The molecule has 0 unspecified atom stereocenters. The van der Waals surface area contributed by atoms with Crippen LogP contribution in [0, 0.1) is 0 Å². The summed E-state index contributed by atoms with van der Waals surface area (Å²) in [6.45, 7) is 0.461. The molecule has 0 aliphatic rings. The molecule has 0 bridgehead atoms. The molecular formula is C17H17N3O3S. The molecule has 0 saturated heterocycles. The van der Waals surface area contributed by atoms with Gasteiger partial charge in [0, 0.05) is 6.54 Å². The molecule has 7 heteroatoms. The van der Waals surface area contributed by atoms with E-state index in [1.54, 1.807) is 0 Å². The number of amides is 1. The Bertz CT molecular complexity index is 838. The lowest BCUT2D eigenvalue weighted by atomic mass is 10.1. The van der Waals surface area contributed by atoms with E-state index < -0.39 is 5.76 Å². The van der Waals surface area contributed by atoms with Crippen molar-refractivity contribution in [1.82, 2.24) is 15.0 Å². The number of hydrogen-bond acceptors (Lipinski definition) is 5. The first kappa shape index (κ1) is 16.2. The minimum atomic E-state index is -0.627. The molecule has 24 heavy (non-hydrogen) atoms. The molecule has 1 aromatic carbocycles. The lowest BCUT2D eigenvalue weighted by Gasteiger charge is -2.06. The van der Waals surface area contributed by atoms with Crippen LogP contribution in [-0.4, -0.2) is 22.2 Å². The Kier molecular flexibility index (Phi) is 5.22. The molecule has 2 aromatic heterocycles. The molecule has 3 rings (SSSR count). The van der Waals surface area contributed by atoms with Crippen LogP contribution in [0.25, 0.3) is 10.7 Å². The molecule has 1 amide bonds. The van der Waals surface area contributed by atoms with Crippen LogP contribution < -0.4 is 11.1 Å². The van der Waals surface area contributed by atoms with Gasteiger partial charge in [0.2, 0.25) is 5.91 Å². The van der Waals surface area contributed by atoms with Gasteiger partial charge in [0.05, 0.1) is 4.88 Å². The number of hydrogen-bond donors (Lipinski definition) is 1. The quantitative estimate of drug-likeness (QED) is 0.668. The van der Waals surface area contributed by atoms with Crippen LogP contribution in [0.5, 0.6) is 0 Å². The Balaban J connectivity index is 1.52. The molecule has 0 aliphatic carbocycles. The Morgan fingerprint density at radius 3 is 2.79 bits per heavy atom. The highest BCUT2D eigenvalue weighted by molar-refractivity contribution is 7.13. The second-order valence-corrected chi connectivity index (χ2v) is 6.22. The number of rotatable bonds is 7. The minimum absolute atomic E-state index is 0.0963. The summed E-state index contributed by atoms with van der Waals surface area (Å²) in [5, 5.41) is 8.46. The van der Waals surface area contributed by atoms with Gasteiger partial charge >= 0.3 is 5.76 Å². The Morgan fingerprint density at radius 1 is 1.21 bits per heavy atom. The second kappa shape index (κ2) is 7.74. The second-order valence-electron chi connectivity index (χ2n) is 5.27. The van der Waals surface area contributed by atoms with Crippen molar-refractivity contribution in [3.8, 4) is 10.7 Å². The van der Waals surface area contributed by atoms with Gasteiger partial charge in [-0.25, -0.2) is 9.36 Å². The van der Waals surface area contributed by atoms with Crippen molar-refractivity contribution in [1.29, 1.82) is 0 Å². The van der Waals surface area contributed by atoms with Crippen LogP contribution in [0.4, 0.5) is 0 Å². The highest BCUT2D eigenvalue weighted by Gasteiger charge is 2.16. The first-order valence-corrected chi connectivity index (χ1v) is 8.53. The average Bonchev–Trinajstić information content (AvgIpc) is 3.23. The van der Waals surface area contributed by atoms with Crippen molar-refractivity contribution >= 4 is 17.2 Å². The van der Waals surface area contributed by atoms with E-state index in [9.17, 15) is 9.59 Å². The van der Waals surface area contributed by atoms with Crippen molar-refractivity contribution in [3.63, 3.8) is 0 Å². The van der Waals surface area contributed by atoms with Crippen LogP contribution in [0.2, 0.25) is 0 Å². The summed E-state index contributed by atoms with van der Waals surface area (Å²) >= 11 is 1.44. The molecule has 0 saturated carbocycles. The maximum atomic E-state index is 12.1. The Hall–Kier alpha value is -2.67. The first-order chi connectivity index (χ1) is 11.7. The molecule has 0 radical (unpaired) electrons. The summed E-state index contributed by atoms with van der Waals surface area (Å²) < 4.78 is 5.94. The highest BCUT2D eigenvalue weighted by Crippen LogP contribution is 2.21. The van der Waals surface area contributed by atoms with Gasteiger partial charge < -0.3 is 5.32 Å². The first-order valence-electron chi connectivity index (χ1n) is 7.65. The van der Waals surface area contributed by atoms with Crippen molar-refractivity contribution in [2.75, 3.05) is 6.54 Å². The molecule has 0 spiro atoms. The topological polar surface area (TPSA) is 77.1 Å². The fraction of sp³-hybridized carbons (Fsp3) is 0.235. The number of nitrogens with one attached hydrogen (secondary N) is 1. The third kappa shape index (κ3) is 3.99. The zero-order valence-electron chi connectivity index (χ0n) is 13.0. The van der Waals surface area contributed by atoms with Gasteiger partial charge in [0.15, 0.2) is 5.82 Å². The largest absolute Gasteiger partial charge is 0.442 e. The average molecular weight is 343 g/mol. The van der Waals surface area contributed by atoms with Crippen LogP contribution in [0.3, 0.4) is 0 Å². The summed E-state index contributed by atoms with van der Waals surface area (Å²) in [5.74, 6) is -0.474. The van der Waals surface area contributed by atoms with Gasteiger partial charge in [-0.15, -0.1) is 11.3 Å². The van der Waals surface area contributed by atoms with E-state index in [4.69, 9.17) is 0 Å². The summed E-state index contributed by atoms with van der Waals surface area (Å²) in [6, 6.07) is 13.8. The van der Waals surface area contributed by atoms with Crippen molar-refractivity contribution in [3.05, 3.63) is 64.0 Å². The van der Waals surface area contributed by atoms with E-state index in [1.807, 2.05) is 35.7 Å². The third-order valence-corrected chi connectivity index (χ3v) is 4.40. The number of nitrogens with zero attached hydrogens (tertiary/aromatic N) is 2. The summed E-state index contributed by atoms with van der Waals surface area (Å²) in [4.78, 5) is 24.6. The zero-order valence-corrected chi connectivity index (χ0v) is 13.8. The van der Waals surface area contributed by atoms with E-state index >= 15 is 0 Å². The lowest BCUT2D eigenvalue weighted by Crippen LogP contribution is -2.32. The number of carbonyl (C=O) groups is 1. The molecule has 124 valence electrons. The molecule has 3 aromatic rings. The molecule has 6 nitrogen and oxygen atoms in total. The molecular weight excluding hydrogens is 326 g/mol. The van der Waals surface area contributed by atoms with E-state index in [0.29, 0.717) is 12.4 Å². The van der Waals surface area contributed by atoms with Gasteiger partial charge in [-0.1, -0.05) is 41.6 Å². The van der Waals surface area contributed by atoms with E-state index in [1.165, 1.54) is 21.5 Å². The molecule has 1 N–H and O–H groups in total. The van der Waals surface area contributed by atoms with Gasteiger partial charge in [0.25, 0.3) is 0 Å². The Morgan fingerprint density at radius 2 is 2.04 bits per heavy atom. The van der Waals surface area contributed by atoms with Crippen molar-refractivity contribution in [2.45, 2.75) is 19.4 Å². The van der Waals surface area contributed by atoms with Crippen molar-refractivity contribution in [2.24, 2.45) is 0 Å². The molecule has 0 fully saturated rings. The minimum Gasteiger partial charge on any atom is -0.355 e. The normalized spacial score (nSPS) is 10.7. The maximum absolute atomic E-state index is 12.1. The Labute approximate surface area is 142 Å². The molecule has 0 aliphatic heterocycles. The van der Waals surface area contributed by atoms with E-state index in [-0.39, 0.29) is 12.5 Å². The molecule has 0 atom stereocenters. The van der Waals surface area contributed by atoms with Crippen LogP contribution in [0.15, 0.2) is 57.2 Å². The number of aryl methyl sites for hydroxylation is 1. The fourth-order valence-corrected chi connectivity index (χ4v) is 3.07. The SMILES string of the molecule is O=C(Cn1c(-c2cccs2)noc1=O)NCCCc1ccccc1. The monoisotopic (exact) mass is 343 g/mol. The maximum Gasteiger partial charge on any atom is 0.442 e. The lowest BCUT2D eigenvalue weighted by molar-refractivity contribution is -0.121. The number of thiophene rings is 1.